The van der Waals surface area contributed by atoms with Crippen LogP contribution in [0.2, 0.25) is 0 Å². The van der Waals surface area contributed by atoms with Gasteiger partial charge in [-0.05, 0) is 35.2 Å². The zero-order valence-corrected chi connectivity index (χ0v) is 16.3. The first kappa shape index (κ1) is 19.4. The van der Waals surface area contributed by atoms with Gasteiger partial charge in [-0.3, -0.25) is 4.99 Å². The third-order valence-corrected chi connectivity index (χ3v) is 5.43. The third-order valence-electron chi connectivity index (χ3n) is 4.60. The highest BCUT2D eigenvalue weighted by molar-refractivity contribution is 7.89. The van der Waals surface area contributed by atoms with E-state index in [4.69, 9.17) is 0 Å². The normalized spacial score (nSPS) is 19.6. The molecule has 0 heterocycles. The van der Waals surface area contributed by atoms with E-state index in [0.29, 0.717) is 35.6 Å². The monoisotopic (exact) mass is 389 g/mol. The second-order valence-corrected chi connectivity index (χ2v) is 9.05. The molecule has 0 radical (unpaired) electrons. The molecule has 0 aliphatic heterocycles. The maximum absolute atomic E-state index is 13.6. The Bertz CT molecular complexity index is 929. The first-order valence-corrected chi connectivity index (χ1v) is 10.9. The molecule has 27 heavy (non-hydrogen) atoms. The van der Waals surface area contributed by atoms with Crippen molar-refractivity contribution in [2.24, 2.45) is 4.99 Å². The Hall–Kier alpha value is -2.41. The minimum Gasteiger partial charge on any atom is -0.353 e. The lowest BCUT2D eigenvalue weighted by Gasteiger charge is -2.14. The standard InChI is InChI=1S/C20H24FN3O2S/c1-22-20(24-19-11-18(19)14-6-4-3-5-7-14)23-12-16-10-17(21)9-8-15(16)13-27(2,25)26/h3-10,18-19H,11-13H2,1-2H3,(H2,22,23,24). The summed E-state index contributed by atoms with van der Waals surface area (Å²) in [6.45, 7) is 0.297. The lowest BCUT2D eigenvalue weighted by Crippen LogP contribution is -2.38. The first-order valence-electron chi connectivity index (χ1n) is 8.83. The van der Waals surface area contributed by atoms with Crippen molar-refractivity contribution in [1.82, 2.24) is 10.6 Å². The van der Waals surface area contributed by atoms with Crippen LogP contribution in [0.5, 0.6) is 0 Å². The summed E-state index contributed by atoms with van der Waals surface area (Å²) in [7, 11) is -1.52. The highest BCUT2D eigenvalue weighted by Gasteiger charge is 2.38. The number of benzene rings is 2. The summed E-state index contributed by atoms with van der Waals surface area (Å²) >= 11 is 0. The molecular formula is C20H24FN3O2S. The Morgan fingerprint density at radius 3 is 2.59 bits per heavy atom. The summed E-state index contributed by atoms with van der Waals surface area (Å²) in [6.07, 6.45) is 2.20. The minimum atomic E-state index is -3.20. The number of sulfone groups is 1. The van der Waals surface area contributed by atoms with Gasteiger partial charge in [-0.15, -0.1) is 0 Å². The summed E-state index contributed by atoms with van der Waals surface area (Å²) in [6, 6.07) is 14.8. The quantitative estimate of drug-likeness (QED) is 0.589. The molecule has 0 bridgehead atoms. The van der Waals surface area contributed by atoms with E-state index < -0.39 is 15.7 Å². The zero-order valence-electron chi connectivity index (χ0n) is 15.4. The van der Waals surface area contributed by atoms with Crippen molar-refractivity contribution in [3.8, 4) is 0 Å². The second kappa shape index (κ2) is 8.08. The summed E-state index contributed by atoms with van der Waals surface area (Å²) in [5, 5.41) is 6.53. The lowest BCUT2D eigenvalue weighted by molar-refractivity contribution is 0.599. The van der Waals surface area contributed by atoms with Crippen LogP contribution >= 0.6 is 0 Å². The van der Waals surface area contributed by atoms with E-state index in [1.807, 2.05) is 18.2 Å². The van der Waals surface area contributed by atoms with E-state index in [1.54, 1.807) is 7.05 Å². The summed E-state index contributed by atoms with van der Waals surface area (Å²) in [5.74, 6) is 0.570. The van der Waals surface area contributed by atoms with Gasteiger partial charge in [-0.1, -0.05) is 36.4 Å². The van der Waals surface area contributed by atoms with Crippen molar-refractivity contribution < 1.29 is 12.8 Å². The van der Waals surface area contributed by atoms with Crippen LogP contribution in [0.25, 0.3) is 0 Å². The van der Waals surface area contributed by atoms with Gasteiger partial charge in [0.2, 0.25) is 0 Å². The van der Waals surface area contributed by atoms with Crippen molar-refractivity contribution in [2.75, 3.05) is 13.3 Å². The van der Waals surface area contributed by atoms with Crippen molar-refractivity contribution in [2.45, 2.75) is 30.7 Å². The van der Waals surface area contributed by atoms with Gasteiger partial charge in [0.25, 0.3) is 0 Å². The second-order valence-electron chi connectivity index (χ2n) is 6.91. The molecule has 5 nitrogen and oxygen atoms in total. The Morgan fingerprint density at radius 2 is 1.93 bits per heavy atom. The molecule has 0 spiro atoms. The topological polar surface area (TPSA) is 70.6 Å². The number of nitrogens with zero attached hydrogens (tertiary/aromatic N) is 1. The highest BCUT2D eigenvalue weighted by Crippen LogP contribution is 2.40. The predicted octanol–water partition coefficient (Wildman–Crippen LogP) is 2.59. The van der Waals surface area contributed by atoms with Crippen molar-refractivity contribution in [1.29, 1.82) is 0 Å². The molecule has 1 saturated carbocycles. The average molecular weight is 389 g/mol. The Morgan fingerprint density at radius 1 is 1.19 bits per heavy atom. The van der Waals surface area contributed by atoms with E-state index in [2.05, 4.69) is 27.8 Å². The van der Waals surface area contributed by atoms with E-state index in [1.165, 1.54) is 30.0 Å². The number of hydrogen-bond donors (Lipinski definition) is 2. The molecule has 0 aromatic heterocycles. The Kier molecular flexibility index (Phi) is 5.79. The number of guanidine groups is 1. The van der Waals surface area contributed by atoms with Gasteiger partial charge in [-0.25, -0.2) is 12.8 Å². The fourth-order valence-electron chi connectivity index (χ4n) is 3.15. The fourth-order valence-corrected chi connectivity index (χ4v) is 4.00. The molecule has 3 rings (SSSR count). The van der Waals surface area contributed by atoms with Gasteiger partial charge in [0.1, 0.15) is 5.82 Å². The van der Waals surface area contributed by atoms with Crippen LogP contribution in [0.1, 0.15) is 29.0 Å². The highest BCUT2D eigenvalue weighted by atomic mass is 32.2. The molecule has 2 N–H and O–H groups in total. The van der Waals surface area contributed by atoms with E-state index in [-0.39, 0.29) is 5.75 Å². The van der Waals surface area contributed by atoms with E-state index in [0.717, 1.165) is 6.42 Å². The third kappa shape index (κ3) is 5.53. The Labute approximate surface area is 159 Å². The van der Waals surface area contributed by atoms with E-state index >= 15 is 0 Å². The van der Waals surface area contributed by atoms with Crippen LogP contribution in [0.3, 0.4) is 0 Å². The number of nitrogens with one attached hydrogen (secondary N) is 2. The molecule has 2 atom stereocenters. The fraction of sp³-hybridized carbons (Fsp3) is 0.350. The molecule has 2 unspecified atom stereocenters. The summed E-state index contributed by atoms with van der Waals surface area (Å²) < 4.78 is 36.8. The van der Waals surface area contributed by atoms with Crippen LogP contribution < -0.4 is 10.6 Å². The van der Waals surface area contributed by atoms with Gasteiger partial charge in [0, 0.05) is 31.8 Å². The van der Waals surface area contributed by atoms with E-state index in [9.17, 15) is 12.8 Å². The predicted molar refractivity (Wildman–Crippen MR) is 106 cm³/mol. The molecule has 1 fully saturated rings. The van der Waals surface area contributed by atoms with Crippen LogP contribution in [0.4, 0.5) is 4.39 Å². The maximum Gasteiger partial charge on any atom is 0.191 e. The molecule has 2 aromatic rings. The molecule has 144 valence electrons. The SMILES string of the molecule is CN=C(NCc1cc(F)ccc1CS(C)(=O)=O)NC1CC1c1ccccc1. The first-order chi connectivity index (χ1) is 12.9. The number of halogens is 1. The summed E-state index contributed by atoms with van der Waals surface area (Å²) in [5.41, 5.74) is 2.50. The largest absolute Gasteiger partial charge is 0.353 e. The van der Waals surface area contributed by atoms with Crippen LogP contribution in [-0.2, 0) is 22.1 Å². The number of aliphatic imine (C=N–C) groups is 1. The molecule has 7 heteroatoms. The van der Waals surface area contributed by atoms with Gasteiger partial charge in [0.05, 0.1) is 5.75 Å². The molecule has 1 aliphatic carbocycles. The average Bonchev–Trinajstić information content (AvgIpc) is 3.39. The van der Waals surface area contributed by atoms with Crippen molar-refractivity contribution >= 4 is 15.8 Å². The number of rotatable bonds is 6. The minimum absolute atomic E-state index is 0.116. The smallest absolute Gasteiger partial charge is 0.191 e. The molecule has 0 amide bonds. The maximum atomic E-state index is 13.6. The van der Waals surface area contributed by atoms with Gasteiger partial charge >= 0.3 is 0 Å². The zero-order chi connectivity index (χ0) is 19.4. The molecule has 1 aliphatic rings. The molecule has 0 saturated heterocycles. The molecule has 2 aromatic carbocycles. The molecular weight excluding hydrogens is 365 g/mol. The van der Waals surface area contributed by atoms with Crippen molar-refractivity contribution in [3.05, 3.63) is 71.0 Å². The number of hydrogen-bond acceptors (Lipinski definition) is 3. The van der Waals surface area contributed by atoms with Crippen LogP contribution in [0.15, 0.2) is 53.5 Å². The van der Waals surface area contributed by atoms with Gasteiger partial charge in [0.15, 0.2) is 15.8 Å². The lowest BCUT2D eigenvalue weighted by atomic mass is 10.1. The van der Waals surface area contributed by atoms with Crippen molar-refractivity contribution in [3.63, 3.8) is 0 Å². The van der Waals surface area contributed by atoms with Crippen LogP contribution in [0, 0.1) is 5.82 Å². The Balaban J connectivity index is 1.61. The van der Waals surface area contributed by atoms with Gasteiger partial charge < -0.3 is 10.6 Å². The van der Waals surface area contributed by atoms with Crippen LogP contribution in [-0.4, -0.2) is 33.7 Å². The summed E-state index contributed by atoms with van der Waals surface area (Å²) in [4.78, 5) is 4.22. The van der Waals surface area contributed by atoms with Gasteiger partial charge in [-0.2, -0.15) is 0 Å².